The van der Waals surface area contributed by atoms with Crippen molar-refractivity contribution in [3.63, 3.8) is 0 Å². The number of rotatable bonds is 6. The summed E-state index contributed by atoms with van der Waals surface area (Å²) in [6, 6.07) is 19.5. The van der Waals surface area contributed by atoms with E-state index >= 15 is 0 Å². The van der Waals surface area contributed by atoms with E-state index in [2.05, 4.69) is 46.5 Å². The van der Waals surface area contributed by atoms with E-state index in [9.17, 15) is 9.18 Å². The number of fused-ring (bicyclic) bond motifs is 1. The first-order valence-electron chi connectivity index (χ1n) is 12.5. The molecule has 8 heteroatoms. The van der Waals surface area contributed by atoms with Gasteiger partial charge < -0.3 is 14.7 Å². The van der Waals surface area contributed by atoms with Crippen molar-refractivity contribution in [3.05, 3.63) is 95.6 Å². The Hall–Kier alpha value is -3.59. The lowest BCUT2D eigenvalue weighted by atomic mass is 10.1. The Morgan fingerprint density at radius 2 is 1.73 bits per heavy atom. The predicted molar refractivity (Wildman–Crippen MR) is 145 cm³/mol. The largest absolute Gasteiger partial charge is 0.367 e. The fourth-order valence-corrected chi connectivity index (χ4v) is 4.99. The Morgan fingerprint density at radius 1 is 1.03 bits per heavy atom. The number of piperazine rings is 1. The van der Waals surface area contributed by atoms with E-state index in [-0.39, 0.29) is 5.82 Å². The molecule has 2 aromatic heterocycles. The molecule has 1 aliphatic heterocycles. The molecule has 2 aromatic carbocycles. The molecule has 4 aromatic rings. The van der Waals surface area contributed by atoms with Crippen molar-refractivity contribution in [3.8, 4) is 0 Å². The number of pyridine rings is 1. The van der Waals surface area contributed by atoms with Crippen LogP contribution in [-0.2, 0) is 13.1 Å². The highest BCUT2D eigenvalue weighted by Gasteiger charge is 2.30. The molecule has 2 atom stereocenters. The average molecular weight is 504 g/mol. The topological polar surface area (TPSA) is 73.6 Å². The molecule has 194 valence electrons. The van der Waals surface area contributed by atoms with Gasteiger partial charge in [0.15, 0.2) is 0 Å². The predicted octanol–water partition coefficient (Wildman–Crippen LogP) is 4.73. The molecule has 0 radical (unpaired) electrons. The maximum atomic E-state index is 13.6. The quantitative estimate of drug-likeness (QED) is 0.293. The van der Waals surface area contributed by atoms with Gasteiger partial charge in [0, 0.05) is 62.5 Å². The van der Waals surface area contributed by atoms with Crippen molar-refractivity contribution in [1.29, 1.82) is 0 Å². The number of benzene rings is 2. The molecule has 1 fully saturated rings. The number of aromatic nitrogens is 2. The van der Waals surface area contributed by atoms with Gasteiger partial charge >= 0.3 is 0 Å². The van der Waals surface area contributed by atoms with Crippen LogP contribution in [0.4, 0.5) is 10.1 Å². The molecule has 0 spiro atoms. The first-order chi connectivity index (χ1) is 17.9. The van der Waals surface area contributed by atoms with Gasteiger partial charge in [0.25, 0.3) is 0 Å². The van der Waals surface area contributed by atoms with Gasteiger partial charge in [-0.25, -0.2) is 14.9 Å². The molecule has 1 aliphatic rings. The Balaban J connectivity index is 0.00000102. The molecule has 2 unspecified atom stereocenters. The highest BCUT2D eigenvalue weighted by molar-refractivity contribution is 5.80. The summed E-state index contributed by atoms with van der Waals surface area (Å²) in [5.74, 6) is -0.180. The number of hydrogen-bond acceptors (Lipinski definition) is 6. The standard InChI is InChI=1S/C28H29FN4O.CH5NO/c1-20-15-32(16-21(2)33(20)18-24-4-3-5-26(29)12-24)27-13-25-10-11-31(28(25)30-14-27)17-22-6-8-23(19-34)9-7-22;1-2-3/h3-14,19-21H,15-18H2,1-2H3;2-3H,1H3. The first kappa shape index (κ1) is 26.5. The second-order valence-corrected chi connectivity index (χ2v) is 9.54. The zero-order valence-corrected chi connectivity index (χ0v) is 21.5. The van der Waals surface area contributed by atoms with Gasteiger partial charge in [0.2, 0.25) is 0 Å². The van der Waals surface area contributed by atoms with Crippen LogP contribution in [-0.4, -0.2) is 58.2 Å². The summed E-state index contributed by atoms with van der Waals surface area (Å²) in [5, 5.41) is 8.43. The summed E-state index contributed by atoms with van der Waals surface area (Å²) >= 11 is 0. The lowest BCUT2D eigenvalue weighted by molar-refractivity contribution is 0.112. The van der Waals surface area contributed by atoms with Crippen molar-refractivity contribution in [2.24, 2.45) is 0 Å². The van der Waals surface area contributed by atoms with E-state index in [4.69, 9.17) is 10.2 Å². The van der Waals surface area contributed by atoms with E-state index in [1.165, 1.54) is 13.1 Å². The molecular weight excluding hydrogens is 469 g/mol. The molecular formula is C29H34FN5O2. The third kappa shape index (κ3) is 6.40. The zero-order valence-electron chi connectivity index (χ0n) is 21.5. The molecule has 0 bridgehead atoms. The van der Waals surface area contributed by atoms with E-state index in [0.717, 1.165) is 53.8 Å². The number of aldehydes is 1. The van der Waals surface area contributed by atoms with Gasteiger partial charge in [0.1, 0.15) is 17.8 Å². The van der Waals surface area contributed by atoms with Crippen LogP contribution in [0, 0.1) is 5.82 Å². The second kappa shape index (κ2) is 12.1. The number of nitrogens with one attached hydrogen (secondary N) is 1. The number of hydroxylamine groups is 1. The van der Waals surface area contributed by atoms with Crippen molar-refractivity contribution >= 4 is 23.0 Å². The van der Waals surface area contributed by atoms with E-state index in [1.54, 1.807) is 17.6 Å². The van der Waals surface area contributed by atoms with Crippen molar-refractivity contribution < 1.29 is 14.4 Å². The van der Waals surface area contributed by atoms with Crippen molar-refractivity contribution in [1.82, 2.24) is 19.9 Å². The van der Waals surface area contributed by atoms with E-state index in [1.807, 2.05) is 36.5 Å². The molecule has 0 amide bonds. The minimum atomic E-state index is -0.180. The molecule has 37 heavy (non-hydrogen) atoms. The van der Waals surface area contributed by atoms with Crippen LogP contribution in [0.1, 0.15) is 35.3 Å². The van der Waals surface area contributed by atoms with E-state index < -0.39 is 0 Å². The highest BCUT2D eigenvalue weighted by Crippen LogP contribution is 2.27. The Bertz CT molecular complexity index is 1310. The van der Waals surface area contributed by atoms with Gasteiger partial charge in [-0.15, -0.1) is 0 Å². The Labute approximate surface area is 217 Å². The average Bonchev–Trinajstić information content (AvgIpc) is 3.29. The molecule has 0 aliphatic carbocycles. The monoisotopic (exact) mass is 503 g/mol. The SMILES string of the molecule is CC1CN(c2cnc3c(ccn3Cc3ccc(C=O)cc3)c2)CC(C)N1Cc1cccc(F)c1.CNO. The third-order valence-corrected chi connectivity index (χ3v) is 6.78. The van der Waals surface area contributed by atoms with Gasteiger partial charge in [-0.05, 0) is 49.2 Å². The Kier molecular flexibility index (Phi) is 8.66. The lowest BCUT2D eigenvalue weighted by Gasteiger charge is -2.45. The summed E-state index contributed by atoms with van der Waals surface area (Å²) in [6.45, 7) is 7.73. The number of carbonyl (C=O) groups excluding carboxylic acids is 1. The molecule has 3 heterocycles. The van der Waals surface area contributed by atoms with Crippen molar-refractivity contribution in [2.75, 3.05) is 25.0 Å². The minimum Gasteiger partial charge on any atom is -0.367 e. The highest BCUT2D eigenvalue weighted by atomic mass is 19.1. The van der Waals surface area contributed by atoms with Crippen LogP contribution in [0.15, 0.2) is 73.1 Å². The third-order valence-electron chi connectivity index (χ3n) is 6.78. The minimum absolute atomic E-state index is 0.180. The van der Waals surface area contributed by atoms with Crippen LogP contribution >= 0.6 is 0 Å². The second-order valence-electron chi connectivity index (χ2n) is 9.54. The summed E-state index contributed by atoms with van der Waals surface area (Å²) in [5.41, 5.74) is 6.66. The van der Waals surface area contributed by atoms with Crippen LogP contribution in [0.2, 0.25) is 0 Å². The summed E-state index contributed by atoms with van der Waals surface area (Å²) in [6.07, 6.45) is 4.90. The van der Waals surface area contributed by atoms with Gasteiger partial charge in [0.05, 0.1) is 11.9 Å². The smallest absolute Gasteiger partial charge is 0.150 e. The number of halogens is 1. The van der Waals surface area contributed by atoms with Gasteiger partial charge in [-0.3, -0.25) is 9.69 Å². The maximum Gasteiger partial charge on any atom is 0.150 e. The normalized spacial score (nSPS) is 17.9. The first-order valence-corrected chi connectivity index (χ1v) is 12.5. The molecule has 7 nitrogen and oxygen atoms in total. The molecule has 5 rings (SSSR count). The van der Waals surface area contributed by atoms with Crippen LogP contribution in [0.25, 0.3) is 11.0 Å². The number of carbonyl (C=O) groups is 1. The lowest BCUT2D eigenvalue weighted by Crippen LogP contribution is -2.56. The zero-order chi connectivity index (χ0) is 26.4. The summed E-state index contributed by atoms with van der Waals surface area (Å²) in [4.78, 5) is 20.5. The fraction of sp³-hybridized carbons (Fsp3) is 0.310. The summed E-state index contributed by atoms with van der Waals surface area (Å²) in [7, 11) is 1.43. The number of nitrogens with zero attached hydrogens (tertiary/aromatic N) is 4. The van der Waals surface area contributed by atoms with Gasteiger partial charge in [-0.1, -0.05) is 36.4 Å². The number of anilines is 1. The van der Waals surface area contributed by atoms with Crippen LogP contribution in [0.3, 0.4) is 0 Å². The molecule has 1 saturated heterocycles. The van der Waals surface area contributed by atoms with E-state index in [0.29, 0.717) is 24.2 Å². The molecule has 2 N–H and O–H groups in total. The van der Waals surface area contributed by atoms with Crippen LogP contribution in [0.5, 0.6) is 0 Å². The van der Waals surface area contributed by atoms with Gasteiger partial charge in [-0.2, -0.15) is 0 Å². The molecule has 0 saturated carbocycles. The fourth-order valence-electron chi connectivity index (χ4n) is 4.99. The van der Waals surface area contributed by atoms with Crippen molar-refractivity contribution in [2.45, 2.75) is 39.0 Å². The maximum absolute atomic E-state index is 13.6. The van der Waals surface area contributed by atoms with Crippen LogP contribution < -0.4 is 10.4 Å². The number of hydrogen-bond donors (Lipinski definition) is 2. The Morgan fingerprint density at radius 3 is 2.38 bits per heavy atom. The summed E-state index contributed by atoms with van der Waals surface area (Å²) < 4.78 is 15.8.